The molecule has 0 aliphatic carbocycles. The van der Waals surface area contributed by atoms with Crippen LogP contribution in [0.3, 0.4) is 0 Å². The van der Waals surface area contributed by atoms with Crippen molar-refractivity contribution >= 4 is 11.9 Å². The summed E-state index contributed by atoms with van der Waals surface area (Å²) in [6.45, 7) is 7.57. The topological polar surface area (TPSA) is 43.4 Å². The molecule has 0 saturated carbocycles. The average molecular weight is 212 g/mol. The summed E-state index contributed by atoms with van der Waals surface area (Å²) in [5.41, 5.74) is 0. The van der Waals surface area contributed by atoms with Crippen LogP contribution in [-0.4, -0.2) is 11.9 Å². The summed E-state index contributed by atoms with van der Waals surface area (Å²) in [6.07, 6.45) is 5.42. The van der Waals surface area contributed by atoms with Crippen LogP contribution < -0.4 is 0 Å². The molecule has 0 saturated heterocycles. The smallest absolute Gasteiger partial charge is 0.337 e. The third kappa shape index (κ3) is 9.19. The third-order valence-corrected chi connectivity index (χ3v) is 2.04. The molecule has 0 aromatic heterocycles. The lowest BCUT2D eigenvalue weighted by Gasteiger charge is -2.03. The van der Waals surface area contributed by atoms with E-state index in [0.717, 1.165) is 25.3 Å². The predicted octanol–water partition coefficient (Wildman–Crippen LogP) is 2.85. The number of unbranched alkanes of at least 4 members (excludes halogenated alkanes) is 2. The second-order valence-electron chi connectivity index (χ2n) is 3.99. The molecule has 15 heavy (non-hydrogen) atoms. The van der Waals surface area contributed by atoms with Crippen molar-refractivity contribution in [2.24, 2.45) is 5.92 Å². The van der Waals surface area contributed by atoms with Crippen LogP contribution in [-0.2, 0) is 14.3 Å². The molecule has 0 aromatic rings. The SMILES string of the molecule is C=CC(=O)OC(=O)CCCCCC(C)C. The highest BCUT2D eigenvalue weighted by molar-refractivity contribution is 5.91. The van der Waals surface area contributed by atoms with Gasteiger partial charge in [0.05, 0.1) is 0 Å². The van der Waals surface area contributed by atoms with Crippen LogP contribution in [0.25, 0.3) is 0 Å². The van der Waals surface area contributed by atoms with Crippen molar-refractivity contribution in [3.05, 3.63) is 12.7 Å². The summed E-state index contributed by atoms with van der Waals surface area (Å²) in [5.74, 6) is -0.411. The molecule has 0 aliphatic rings. The van der Waals surface area contributed by atoms with E-state index in [1.807, 2.05) is 0 Å². The second-order valence-corrected chi connectivity index (χ2v) is 3.99. The van der Waals surface area contributed by atoms with Crippen molar-refractivity contribution in [2.45, 2.75) is 46.0 Å². The van der Waals surface area contributed by atoms with Crippen molar-refractivity contribution in [1.29, 1.82) is 0 Å². The lowest BCUT2D eigenvalue weighted by atomic mass is 10.0. The van der Waals surface area contributed by atoms with E-state index in [1.54, 1.807) is 0 Å². The van der Waals surface area contributed by atoms with E-state index in [1.165, 1.54) is 6.42 Å². The Hall–Kier alpha value is -1.12. The second kappa shape index (κ2) is 8.21. The first-order valence-corrected chi connectivity index (χ1v) is 5.43. The molecular formula is C12H20O3. The van der Waals surface area contributed by atoms with E-state index >= 15 is 0 Å². The Balaban J connectivity index is 3.39. The molecule has 0 rings (SSSR count). The van der Waals surface area contributed by atoms with Crippen LogP contribution in [0.2, 0.25) is 0 Å². The summed E-state index contributed by atoms with van der Waals surface area (Å²) in [4.78, 5) is 21.7. The van der Waals surface area contributed by atoms with Crippen LogP contribution in [0.5, 0.6) is 0 Å². The molecule has 0 bridgehead atoms. The monoisotopic (exact) mass is 212 g/mol. The van der Waals surface area contributed by atoms with Crippen molar-refractivity contribution < 1.29 is 14.3 Å². The lowest BCUT2D eigenvalue weighted by molar-refractivity contribution is -0.156. The van der Waals surface area contributed by atoms with Crippen molar-refractivity contribution in [2.75, 3.05) is 0 Å². The third-order valence-electron chi connectivity index (χ3n) is 2.04. The first kappa shape index (κ1) is 13.9. The van der Waals surface area contributed by atoms with Gasteiger partial charge in [0.25, 0.3) is 0 Å². The number of hydrogen-bond donors (Lipinski definition) is 0. The van der Waals surface area contributed by atoms with Crippen LogP contribution in [0.1, 0.15) is 46.0 Å². The Kier molecular flexibility index (Phi) is 7.60. The highest BCUT2D eigenvalue weighted by atomic mass is 16.6. The maximum Gasteiger partial charge on any atom is 0.337 e. The normalized spacial score (nSPS) is 10.1. The largest absolute Gasteiger partial charge is 0.390 e. The molecular weight excluding hydrogens is 192 g/mol. The number of hydrogen-bond acceptors (Lipinski definition) is 3. The minimum Gasteiger partial charge on any atom is -0.390 e. The first-order chi connectivity index (χ1) is 7.06. The zero-order valence-electron chi connectivity index (χ0n) is 9.62. The molecule has 0 aromatic carbocycles. The Morgan fingerprint density at radius 2 is 1.93 bits per heavy atom. The summed E-state index contributed by atoms with van der Waals surface area (Å²) in [6, 6.07) is 0. The predicted molar refractivity (Wildman–Crippen MR) is 59.2 cm³/mol. The number of carbonyl (C=O) groups is 2. The lowest BCUT2D eigenvalue weighted by Crippen LogP contribution is -2.09. The van der Waals surface area contributed by atoms with Gasteiger partial charge in [-0.1, -0.05) is 39.7 Å². The fourth-order valence-corrected chi connectivity index (χ4v) is 1.20. The van der Waals surface area contributed by atoms with E-state index in [4.69, 9.17) is 0 Å². The van der Waals surface area contributed by atoms with Crippen molar-refractivity contribution in [1.82, 2.24) is 0 Å². The average Bonchev–Trinajstić information content (AvgIpc) is 2.16. The molecule has 86 valence electrons. The summed E-state index contributed by atoms with van der Waals surface area (Å²) in [7, 11) is 0. The van der Waals surface area contributed by atoms with Gasteiger partial charge in [-0.15, -0.1) is 0 Å². The van der Waals surface area contributed by atoms with E-state index in [-0.39, 0.29) is 0 Å². The summed E-state index contributed by atoms with van der Waals surface area (Å²) in [5, 5.41) is 0. The van der Waals surface area contributed by atoms with Crippen molar-refractivity contribution in [3.63, 3.8) is 0 Å². The van der Waals surface area contributed by atoms with Gasteiger partial charge in [-0.2, -0.15) is 0 Å². The highest BCUT2D eigenvalue weighted by Gasteiger charge is 2.06. The number of esters is 2. The highest BCUT2D eigenvalue weighted by Crippen LogP contribution is 2.09. The molecule has 3 nitrogen and oxygen atoms in total. The molecule has 0 spiro atoms. The van der Waals surface area contributed by atoms with Gasteiger partial charge in [0.1, 0.15) is 0 Å². The Morgan fingerprint density at radius 3 is 2.47 bits per heavy atom. The number of carbonyl (C=O) groups excluding carboxylic acids is 2. The van der Waals surface area contributed by atoms with Gasteiger partial charge in [0.15, 0.2) is 0 Å². The minimum absolute atomic E-state index is 0.317. The maximum absolute atomic E-state index is 11.0. The van der Waals surface area contributed by atoms with Crippen LogP contribution in [0, 0.1) is 5.92 Å². The number of rotatable bonds is 7. The molecule has 0 radical (unpaired) electrons. The van der Waals surface area contributed by atoms with E-state index in [9.17, 15) is 9.59 Å². The quantitative estimate of drug-likeness (QED) is 0.282. The van der Waals surface area contributed by atoms with Gasteiger partial charge in [0.2, 0.25) is 0 Å². The van der Waals surface area contributed by atoms with Gasteiger partial charge in [0, 0.05) is 12.5 Å². The molecule has 0 aliphatic heterocycles. The van der Waals surface area contributed by atoms with Crippen LogP contribution in [0.15, 0.2) is 12.7 Å². The summed E-state index contributed by atoms with van der Waals surface area (Å²) < 4.78 is 4.43. The fourth-order valence-electron chi connectivity index (χ4n) is 1.20. The van der Waals surface area contributed by atoms with Gasteiger partial charge >= 0.3 is 11.9 Å². The zero-order valence-corrected chi connectivity index (χ0v) is 9.62. The minimum atomic E-state index is -0.665. The molecule has 0 heterocycles. The van der Waals surface area contributed by atoms with E-state index in [2.05, 4.69) is 25.2 Å². The maximum atomic E-state index is 11.0. The Labute approximate surface area is 91.5 Å². The Bertz CT molecular complexity index is 219. The van der Waals surface area contributed by atoms with Gasteiger partial charge < -0.3 is 4.74 Å². The molecule has 0 amide bonds. The first-order valence-electron chi connectivity index (χ1n) is 5.43. The van der Waals surface area contributed by atoms with Gasteiger partial charge in [-0.25, -0.2) is 4.79 Å². The standard InChI is InChI=1S/C12H20O3/c1-4-11(13)15-12(14)9-7-5-6-8-10(2)3/h4,10H,1,5-9H2,2-3H3. The molecule has 3 heteroatoms. The van der Waals surface area contributed by atoms with Crippen LogP contribution in [0.4, 0.5) is 0 Å². The van der Waals surface area contributed by atoms with Gasteiger partial charge in [-0.3, -0.25) is 4.79 Å². The zero-order chi connectivity index (χ0) is 11.7. The van der Waals surface area contributed by atoms with Gasteiger partial charge in [-0.05, 0) is 12.3 Å². The summed E-state index contributed by atoms with van der Waals surface area (Å²) >= 11 is 0. The fraction of sp³-hybridized carbons (Fsp3) is 0.667. The molecule has 0 atom stereocenters. The molecule has 0 unspecified atom stereocenters. The Morgan fingerprint density at radius 1 is 1.27 bits per heavy atom. The van der Waals surface area contributed by atoms with E-state index < -0.39 is 11.9 Å². The van der Waals surface area contributed by atoms with Crippen LogP contribution >= 0.6 is 0 Å². The molecule has 0 fully saturated rings. The number of ether oxygens (including phenoxy) is 1. The van der Waals surface area contributed by atoms with Crippen molar-refractivity contribution in [3.8, 4) is 0 Å². The van der Waals surface area contributed by atoms with E-state index in [0.29, 0.717) is 12.3 Å². The molecule has 0 N–H and O–H groups in total.